The van der Waals surface area contributed by atoms with Gasteiger partial charge in [-0.25, -0.2) is 0 Å². The highest BCUT2D eigenvalue weighted by Gasteiger charge is 2.42. The molecule has 1 N–H and O–H groups in total. The van der Waals surface area contributed by atoms with Crippen molar-refractivity contribution in [3.8, 4) is 0 Å². The van der Waals surface area contributed by atoms with E-state index < -0.39 is 29.0 Å². The molecule has 1 aromatic rings. The van der Waals surface area contributed by atoms with Gasteiger partial charge in [-0.1, -0.05) is 37.8 Å². The summed E-state index contributed by atoms with van der Waals surface area (Å²) < 4.78 is 15.8. The Morgan fingerprint density at radius 2 is 1.12 bits per heavy atom. The van der Waals surface area contributed by atoms with E-state index in [0.29, 0.717) is 0 Å². The van der Waals surface area contributed by atoms with Crippen molar-refractivity contribution < 1.29 is 0 Å². The first-order valence-corrected chi connectivity index (χ1v) is 19.7. The Labute approximate surface area is 158 Å². The van der Waals surface area contributed by atoms with Crippen molar-refractivity contribution in [3.05, 3.63) is 29.8 Å². The molecule has 0 fully saturated rings. The van der Waals surface area contributed by atoms with Crippen molar-refractivity contribution in [1.82, 2.24) is 5.09 Å². The van der Waals surface area contributed by atoms with E-state index in [1.54, 1.807) is 0 Å². The predicted molar refractivity (Wildman–Crippen MR) is 131 cm³/mol. The summed E-state index contributed by atoms with van der Waals surface area (Å²) in [5.41, 5.74) is 1.25. The fourth-order valence-corrected chi connectivity index (χ4v) is 13.8. The molecule has 0 radical (unpaired) electrons. The fourth-order valence-electron chi connectivity index (χ4n) is 2.10. The molecule has 0 bridgehead atoms. The van der Waals surface area contributed by atoms with Crippen LogP contribution in [0, 0.1) is 0 Å². The first kappa shape index (κ1) is 23.8. The maximum atomic E-state index is 5.27. The molecule has 0 amide bonds. The lowest BCUT2D eigenvalue weighted by atomic mass is 10.2. The smallest absolute Gasteiger partial charge is 0.124 e. The largest absolute Gasteiger partial charge is 0.439 e. The lowest BCUT2D eigenvalue weighted by Crippen LogP contribution is -2.12. The van der Waals surface area contributed by atoms with Gasteiger partial charge < -0.3 is 0 Å². The first-order valence-electron chi connectivity index (χ1n) is 8.27. The predicted octanol–water partition coefficient (Wildman–Crippen LogP) is 6.23. The van der Waals surface area contributed by atoms with Gasteiger partial charge in [0.1, 0.15) is 0 Å². The van der Waals surface area contributed by atoms with E-state index in [1.807, 2.05) is 0 Å². The van der Waals surface area contributed by atoms with Gasteiger partial charge in [-0.15, -0.1) is 14.3 Å². The third-order valence-corrected chi connectivity index (χ3v) is 13.1. The number of rotatable bonds is 6. The molecule has 1 atom stereocenters. The van der Waals surface area contributed by atoms with Gasteiger partial charge in [0.25, 0.3) is 0 Å². The summed E-state index contributed by atoms with van der Waals surface area (Å²) in [5.74, 6) is 0. The minimum absolute atomic E-state index is 0.759. The number of hydrogen-bond donors (Lipinski definition) is 1. The Balaban J connectivity index is 3.45. The summed E-state index contributed by atoms with van der Waals surface area (Å²) in [6.45, 7) is 21.0. The Hall–Kier alpha value is 0.730. The molecular weight excluding hydrogens is 403 g/mol. The third-order valence-electron chi connectivity index (χ3n) is 2.65. The Morgan fingerprint density at radius 1 is 0.760 bits per heavy atom. The van der Waals surface area contributed by atoms with E-state index in [9.17, 15) is 0 Å². The Kier molecular flexibility index (Phi) is 8.39. The van der Waals surface area contributed by atoms with E-state index in [-0.39, 0.29) is 0 Å². The molecule has 1 aromatic carbocycles. The molecule has 0 heterocycles. The zero-order valence-corrected chi connectivity index (χ0v) is 22.0. The van der Waals surface area contributed by atoms with E-state index in [4.69, 9.17) is 13.5 Å². The Morgan fingerprint density at radius 3 is 1.44 bits per heavy atom. The summed E-state index contributed by atoms with van der Waals surface area (Å²) >= 11 is 0. The average Bonchev–Trinajstić information content (AvgIpc) is 2.31. The quantitative estimate of drug-likeness (QED) is 0.525. The molecule has 25 heavy (non-hydrogen) atoms. The standard InChI is InChI=1S/C16H36N4P5/c1-22(2,3)18-25(19-23(4,5)6,20-24(7,8)9)17-14-15-10-12-16(21)13-11-15/h10-13,17H,14,21H2,1-9H3/q+1. The normalized spacial score (nSPS) is 13.5. The van der Waals surface area contributed by atoms with Crippen LogP contribution in [0.2, 0.25) is 0 Å². The van der Waals surface area contributed by atoms with Crippen LogP contribution in [0.4, 0.5) is 0 Å². The van der Waals surface area contributed by atoms with E-state index in [2.05, 4.69) is 98.6 Å². The molecule has 0 aliphatic heterocycles. The lowest BCUT2D eigenvalue weighted by molar-refractivity contribution is 0.940. The second-order valence-electron chi connectivity index (χ2n) is 8.74. The lowest BCUT2D eigenvalue weighted by Gasteiger charge is -2.21. The first-order chi connectivity index (χ1) is 11.1. The molecule has 0 saturated heterocycles. The van der Waals surface area contributed by atoms with Crippen molar-refractivity contribution in [2.24, 2.45) is 13.5 Å². The van der Waals surface area contributed by atoms with Gasteiger partial charge in [0.2, 0.25) is 0 Å². The van der Waals surface area contributed by atoms with Crippen LogP contribution in [0.25, 0.3) is 0 Å². The van der Waals surface area contributed by atoms with Gasteiger partial charge in [-0.2, -0.15) is 0 Å². The third kappa shape index (κ3) is 10.6. The molecule has 0 saturated carbocycles. The maximum Gasteiger partial charge on any atom is 0.439 e. The number of nitrogens with zero attached hydrogens (tertiary/aromatic N) is 3. The van der Waals surface area contributed by atoms with Crippen LogP contribution in [-0.2, 0) is 6.54 Å². The minimum atomic E-state index is -2.27. The van der Waals surface area contributed by atoms with E-state index >= 15 is 0 Å². The highest BCUT2D eigenvalue weighted by molar-refractivity contribution is 7.86. The topological polar surface area (TPSA) is 49.1 Å². The fraction of sp³-hybridized carbons (Fsp3) is 0.625. The van der Waals surface area contributed by atoms with Gasteiger partial charge >= 0.3 is 7.87 Å². The molecule has 1 rings (SSSR count). The second-order valence-corrected chi connectivity index (χ2v) is 24.7. The van der Waals surface area contributed by atoms with Gasteiger partial charge in [0.05, 0.1) is 6.54 Å². The van der Waals surface area contributed by atoms with Crippen molar-refractivity contribution >= 4 is 43.6 Å². The summed E-state index contributed by atoms with van der Waals surface area (Å²) in [5, 5.41) is 4.93. The van der Waals surface area contributed by atoms with Crippen molar-refractivity contribution in [2.45, 2.75) is 6.54 Å². The van der Waals surface area contributed by atoms with E-state index in [0.717, 1.165) is 6.54 Å². The molecule has 0 aromatic heterocycles. The van der Waals surface area contributed by atoms with Crippen LogP contribution in [0.1, 0.15) is 5.56 Å². The maximum absolute atomic E-state index is 5.27. The molecular formula is C16H36N4P5+. The van der Waals surface area contributed by atoms with Gasteiger partial charge in [0, 0.05) is 21.2 Å². The highest BCUT2D eigenvalue weighted by atomic mass is 31.3. The van der Waals surface area contributed by atoms with Gasteiger partial charge in [-0.05, 0) is 70.9 Å². The average molecular weight is 439 g/mol. The molecule has 0 aliphatic carbocycles. The molecule has 1 unspecified atom stereocenters. The zero-order valence-electron chi connectivity index (χ0n) is 17.2. The van der Waals surface area contributed by atoms with Crippen LogP contribution >= 0.6 is 38.3 Å². The summed E-state index contributed by atoms with van der Waals surface area (Å²) in [6, 6.07) is 8.57. The van der Waals surface area contributed by atoms with Crippen LogP contribution < -0.4 is 10.4 Å². The summed E-state index contributed by atoms with van der Waals surface area (Å²) in [7, 11) is -3.68. The SMILES string of the molecule is CP(C)(C)=N[P+](N=P(C)(C)C)(N=P(C)(C)C)NCc1ccc(P)cc1. The molecule has 0 spiro atoms. The van der Waals surface area contributed by atoms with Crippen molar-refractivity contribution in [2.75, 3.05) is 60.0 Å². The summed E-state index contributed by atoms with van der Waals surface area (Å²) in [6.07, 6.45) is 0. The molecule has 0 aliphatic rings. The monoisotopic (exact) mass is 439 g/mol. The minimum Gasteiger partial charge on any atom is -0.124 e. The molecule has 4 nitrogen and oxygen atoms in total. The van der Waals surface area contributed by atoms with Gasteiger partial charge in [0.15, 0.2) is 0 Å². The Bertz CT molecular complexity index is 660. The number of nitrogens with one attached hydrogen (secondary N) is 1. The van der Waals surface area contributed by atoms with Crippen molar-refractivity contribution in [1.29, 1.82) is 0 Å². The zero-order chi connectivity index (χ0) is 19.5. The van der Waals surface area contributed by atoms with Crippen LogP contribution in [-0.4, -0.2) is 60.0 Å². The molecule has 144 valence electrons. The highest BCUT2D eigenvalue weighted by Crippen LogP contribution is 2.74. The van der Waals surface area contributed by atoms with E-state index in [1.165, 1.54) is 10.9 Å². The molecule has 9 heteroatoms. The van der Waals surface area contributed by atoms with Crippen LogP contribution in [0.15, 0.2) is 37.8 Å². The van der Waals surface area contributed by atoms with Crippen LogP contribution in [0.3, 0.4) is 0 Å². The van der Waals surface area contributed by atoms with Gasteiger partial charge in [-0.3, -0.25) is 0 Å². The van der Waals surface area contributed by atoms with Crippen LogP contribution in [0.5, 0.6) is 0 Å². The number of benzene rings is 1. The number of hydrogen-bond acceptors (Lipinski definition) is 4. The second kappa shape index (κ2) is 8.82. The summed E-state index contributed by atoms with van der Waals surface area (Å²) in [4.78, 5) is 0. The van der Waals surface area contributed by atoms with Crippen molar-refractivity contribution in [3.63, 3.8) is 0 Å².